The number of ether oxygens (including phenoxy) is 1. The van der Waals surface area contributed by atoms with E-state index in [1.54, 1.807) is 0 Å². The molecular weight excluding hydrogens is 446 g/mol. The van der Waals surface area contributed by atoms with Gasteiger partial charge in [0, 0.05) is 20.1 Å². The quantitative estimate of drug-likeness (QED) is 0.502. The van der Waals surface area contributed by atoms with Gasteiger partial charge in [-0.3, -0.25) is 0 Å². The number of nitrogens with zero attached hydrogens (tertiary/aromatic N) is 5. The maximum absolute atomic E-state index is 13.1. The number of hydrogen-bond acceptors (Lipinski definition) is 9. The molecule has 1 aliphatic rings. The first-order valence-corrected chi connectivity index (χ1v) is 12.5. The molecule has 15 heteroatoms. The fraction of sp³-hybridized carbons (Fsp3) is 0.429. The Kier molecular flexibility index (Phi) is 5.46. The van der Waals surface area contributed by atoms with E-state index in [1.165, 1.54) is 45.5 Å². The number of hydrogen-bond donors (Lipinski definition) is 0. The molecule has 1 aliphatic carbocycles. The third-order valence-electron chi connectivity index (χ3n) is 4.06. The zero-order valence-electron chi connectivity index (χ0n) is 15.7. The van der Waals surface area contributed by atoms with Crippen molar-refractivity contribution in [2.45, 2.75) is 28.9 Å². The minimum absolute atomic E-state index is 0.255. The number of benzene rings is 1. The Morgan fingerprint density at radius 1 is 1.00 bits per heavy atom. The molecule has 0 spiro atoms. The van der Waals surface area contributed by atoms with Gasteiger partial charge in [0.05, 0.1) is 12.0 Å². The van der Waals surface area contributed by atoms with Crippen molar-refractivity contribution in [3.63, 3.8) is 0 Å². The Balaban J connectivity index is 2.06. The van der Waals surface area contributed by atoms with E-state index >= 15 is 0 Å². The molecule has 2 aromatic rings. The molecule has 0 amide bonds. The molecule has 0 bridgehead atoms. The normalized spacial score (nSPS) is 15.8. The Morgan fingerprint density at radius 3 is 2.07 bits per heavy atom. The van der Waals surface area contributed by atoms with Gasteiger partial charge >= 0.3 is 10.2 Å². The highest BCUT2D eigenvalue weighted by molar-refractivity contribution is 8.04. The van der Waals surface area contributed by atoms with Crippen LogP contribution in [0.25, 0.3) is 0 Å². The Bertz CT molecular complexity index is 1210. The van der Waals surface area contributed by atoms with Crippen LogP contribution in [0, 0.1) is 0 Å². The Hall–Kier alpha value is -2.07. The summed E-state index contributed by atoms with van der Waals surface area (Å²) < 4.78 is 82.9. The highest BCUT2D eigenvalue weighted by Crippen LogP contribution is 2.36. The van der Waals surface area contributed by atoms with Crippen molar-refractivity contribution >= 4 is 30.3 Å². The summed E-state index contributed by atoms with van der Waals surface area (Å²) in [6, 6.07) is 4.44. The molecule has 0 aliphatic heterocycles. The maximum Gasteiger partial charge on any atom is 0.323 e. The summed E-state index contributed by atoms with van der Waals surface area (Å²) in [6.45, 7) is 0. The third-order valence-corrected chi connectivity index (χ3v) is 9.87. The lowest BCUT2D eigenvalue weighted by atomic mass is 10.3. The first-order valence-electron chi connectivity index (χ1n) is 8.21. The van der Waals surface area contributed by atoms with Crippen LogP contribution < -0.4 is 4.74 Å². The smallest absolute Gasteiger partial charge is 0.323 e. The van der Waals surface area contributed by atoms with Crippen LogP contribution in [-0.4, -0.2) is 74.7 Å². The van der Waals surface area contributed by atoms with Crippen molar-refractivity contribution in [3.8, 4) is 5.75 Å². The van der Waals surface area contributed by atoms with Gasteiger partial charge < -0.3 is 4.74 Å². The number of methoxy groups -OCH3 is 1. The van der Waals surface area contributed by atoms with Gasteiger partial charge in [-0.1, -0.05) is 3.71 Å². The molecule has 1 aromatic carbocycles. The Labute approximate surface area is 169 Å². The fourth-order valence-electron chi connectivity index (χ4n) is 2.37. The van der Waals surface area contributed by atoms with E-state index < -0.39 is 41.5 Å². The van der Waals surface area contributed by atoms with Crippen LogP contribution in [0.1, 0.15) is 12.8 Å². The fourth-order valence-corrected chi connectivity index (χ4v) is 7.02. The van der Waals surface area contributed by atoms with Crippen LogP contribution in [0.5, 0.6) is 5.75 Å². The van der Waals surface area contributed by atoms with Gasteiger partial charge in [0.15, 0.2) is 0 Å². The average molecular weight is 466 g/mol. The predicted octanol–water partition coefficient (Wildman–Crippen LogP) is -0.517. The second-order valence-corrected chi connectivity index (χ2v) is 12.1. The zero-order chi connectivity index (χ0) is 21.6. The largest absolute Gasteiger partial charge is 0.497 e. The lowest BCUT2D eigenvalue weighted by Crippen LogP contribution is -2.39. The summed E-state index contributed by atoms with van der Waals surface area (Å²) in [5.41, 5.74) is 0. The van der Waals surface area contributed by atoms with E-state index in [1.807, 2.05) is 0 Å². The SMILES string of the molecule is COc1ccc(S(=O)(=O)N(C2CC2)S(=O)(=O)c2ncn(S(=O)(=O)N(C)C)n2)cc1. The van der Waals surface area contributed by atoms with Crippen LogP contribution in [0.2, 0.25) is 0 Å². The lowest BCUT2D eigenvalue weighted by Gasteiger charge is -2.20. The van der Waals surface area contributed by atoms with Crippen molar-refractivity contribution in [3.05, 3.63) is 30.6 Å². The Morgan fingerprint density at radius 2 is 1.59 bits per heavy atom. The van der Waals surface area contributed by atoms with E-state index in [9.17, 15) is 25.3 Å². The first-order chi connectivity index (χ1) is 13.4. The third kappa shape index (κ3) is 3.87. The van der Waals surface area contributed by atoms with Crippen molar-refractivity contribution < 1.29 is 30.0 Å². The minimum Gasteiger partial charge on any atom is -0.497 e. The first kappa shape index (κ1) is 21.6. The number of rotatable bonds is 8. The molecule has 29 heavy (non-hydrogen) atoms. The van der Waals surface area contributed by atoms with Crippen molar-refractivity contribution in [2.75, 3.05) is 21.2 Å². The molecule has 1 aromatic heterocycles. The summed E-state index contributed by atoms with van der Waals surface area (Å²) in [7, 11) is -9.44. The van der Waals surface area contributed by atoms with Gasteiger partial charge in [0.2, 0.25) is 0 Å². The summed E-state index contributed by atoms with van der Waals surface area (Å²) in [5, 5.41) is 2.58. The highest BCUT2D eigenvalue weighted by atomic mass is 32.3. The van der Waals surface area contributed by atoms with Crippen molar-refractivity contribution in [1.82, 2.24) is 22.2 Å². The zero-order valence-corrected chi connectivity index (χ0v) is 18.1. The van der Waals surface area contributed by atoms with Crippen LogP contribution in [0.4, 0.5) is 0 Å². The van der Waals surface area contributed by atoms with Gasteiger partial charge in [-0.2, -0.15) is 12.7 Å². The summed E-state index contributed by atoms with van der Waals surface area (Å²) in [4.78, 5) is 3.28. The van der Waals surface area contributed by atoms with E-state index in [0.717, 1.165) is 4.31 Å². The van der Waals surface area contributed by atoms with Crippen LogP contribution >= 0.6 is 0 Å². The van der Waals surface area contributed by atoms with Crippen molar-refractivity contribution in [2.24, 2.45) is 0 Å². The predicted molar refractivity (Wildman–Crippen MR) is 100 cm³/mol. The second-order valence-electron chi connectivity index (χ2n) is 6.33. The van der Waals surface area contributed by atoms with Crippen LogP contribution in [-0.2, 0) is 30.3 Å². The summed E-state index contributed by atoms with van der Waals surface area (Å²) in [5.74, 6) is 0.402. The molecular formula is C14H19N5O7S3. The summed E-state index contributed by atoms with van der Waals surface area (Å²) >= 11 is 0. The van der Waals surface area contributed by atoms with E-state index in [-0.39, 0.29) is 4.90 Å². The highest BCUT2D eigenvalue weighted by Gasteiger charge is 2.48. The maximum atomic E-state index is 13.1. The van der Waals surface area contributed by atoms with E-state index in [4.69, 9.17) is 4.74 Å². The second kappa shape index (κ2) is 7.32. The molecule has 1 saturated carbocycles. The molecule has 1 fully saturated rings. The molecule has 0 unspecified atom stereocenters. The molecule has 0 radical (unpaired) electrons. The van der Waals surface area contributed by atoms with Crippen LogP contribution in [0.3, 0.4) is 0 Å². The number of aromatic nitrogens is 3. The van der Waals surface area contributed by atoms with Crippen LogP contribution in [0.15, 0.2) is 40.6 Å². The van der Waals surface area contributed by atoms with Gasteiger partial charge in [-0.05, 0) is 37.1 Å². The molecule has 12 nitrogen and oxygen atoms in total. The standard InChI is InChI=1S/C14H19N5O7S3/c1-17(2)29(24,25)18-10-15-14(16-18)28(22,23)19(11-4-5-11)27(20,21)13-8-6-12(26-3)7-9-13/h6-11H,4-5H2,1-3H3. The van der Waals surface area contributed by atoms with Gasteiger partial charge in [0.1, 0.15) is 12.1 Å². The molecule has 0 saturated heterocycles. The van der Waals surface area contributed by atoms with Gasteiger partial charge in [-0.15, -0.1) is 9.19 Å². The molecule has 1 heterocycles. The van der Waals surface area contributed by atoms with Gasteiger partial charge in [0.25, 0.3) is 25.2 Å². The molecule has 0 atom stereocenters. The number of sulfonamides is 2. The lowest BCUT2D eigenvalue weighted by molar-refractivity contribution is 0.414. The minimum atomic E-state index is -4.74. The molecule has 160 valence electrons. The topological polar surface area (TPSA) is 149 Å². The monoisotopic (exact) mass is 465 g/mol. The van der Waals surface area contributed by atoms with E-state index in [0.29, 0.717) is 32.7 Å². The molecule has 3 rings (SSSR count). The average Bonchev–Trinajstić information content (AvgIpc) is 3.32. The van der Waals surface area contributed by atoms with Gasteiger partial charge in [-0.25, -0.2) is 21.8 Å². The molecule has 0 N–H and O–H groups in total. The summed E-state index contributed by atoms with van der Waals surface area (Å²) in [6.07, 6.45) is 1.38. The van der Waals surface area contributed by atoms with E-state index in [2.05, 4.69) is 10.1 Å². The van der Waals surface area contributed by atoms with Crippen molar-refractivity contribution in [1.29, 1.82) is 0 Å².